The van der Waals surface area contributed by atoms with Crippen molar-refractivity contribution in [2.75, 3.05) is 0 Å². The van der Waals surface area contributed by atoms with Crippen LogP contribution < -0.4 is 0 Å². The van der Waals surface area contributed by atoms with Gasteiger partial charge in [0.25, 0.3) is 0 Å². The molecule has 1 atom stereocenters. The summed E-state index contributed by atoms with van der Waals surface area (Å²) >= 11 is 11.8. The molecule has 0 spiro atoms. The number of halogens is 6. The van der Waals surface area contributed by atoms with E-state index in [9.17, 15) is 17.6 Å². The minimum Gasteiger partial charge on any atom is -0.204 e. The summed E-state index contributed by atoms with van der Waals surface area (Å²) in [5, 5.41) is -1.11. The zero-order chi connectivity index (χ0) is 14.2. The molecule has 0 saturated heterocycles. The molecule has 2 rings (SSSR count). The Morgan fingerprint density at radius 2 is 1.37 bits per heavy atom. The highest BCUT2D eigenvalue weighted by Gasteiger charge is 2.18. The van der Waals surface area contributed by atoms with Crippen LogP contribution in [-0.4, -0.2) is 0 Å². The van der Waals surface area contributed by atoms with Crippen molar-refractivity contribution in [3.8, 4) is 0 Å². The molecule has 19 heavy (non-hydrogen) atoms. The number of hydrogen-bond acceptors (Lipinski definition) is 0. The third kappa shape index (κ3) is 2.85. The molecule has 100 valence electrons. The predicted octanol–water partition coefficient (Wildman–Crippen LogP) is 5.22. The Morgan fingerprint density at radius 1 is 0.789 bits per heavy atom. The van der Waals surface area contributed by atoms with Gasteiger partial charge in [0.1, 0.15) is 0 Å². The van der Waals surface area contributed by atoms with Crippen LogP contribution in [0.2, 0.25) is 5.02 Å². The van der Waals surface area contributed by atoms with Gasteiger partial charge >= 0.3 is 0 Å². The van der Waals surface area contributed by atoms with Crippen molar-refractivity contribution in [3.05, 3.63) is 69.8 Å². The lowest BCUT2D eigenvalue weighted by Gasteiger charge is -2.13. The maximum absolute atomic E-state index is 13.2. The first-order chi connectivity index (χ1) is 8.90. The minimum absolute atomic E-state index is 0.0771. The van der Waals surface area contributed by atoms with E-state index in [1.165, 1.54) is 6.07 Å². The van der Waals surface area contributed by atoms with Crippen molar-refractivity contribution in [2.45, 2.75) is 5.38 Å². The highest BCUT2D eigenvalue weighted by molar-refractivity contribution is 6.33. The van der Waals surface area contributed by atoms with Crippen molar-refractivity contribution < 1.29 is 17.6 Å². The van der Waals surface area contributed by atoms with E-state index < -0.39 is 28.6 Å². The average Bonchev–Trinajstić information content (AvgIpc) is 2.36. The van der Waals surface area contributed by atoms with Crippen LogP contribution in [0.25, 0.3) is 0 Å². The Balaban J connectivity index is 2.46. The molecule has 0 aliphatic heterocycles. The summed E-state index contributed by atoms with van der Waals surface area (Å²) in [5.41, 5.74) is 0.265. The first kappa shape index (κ1) is 14.2. The van der Waals surface area contributed by atoms with Crippen LogP contribution in [0, 0.1) is 23.3 Å². The number of hydrogen-bond donors (Lipinski definition) is 0. The maximum atomic E-state index is 13.2. The average molecular weight is 309 g/mol. The summed E-state index contributed by atoms with van der Waals surface area (Å²) in [6.45, 7) is 0. The van der Waals surface area contributed by atoms with Crippen molar-refractivity contribution in [3.63, 3.8) is 0 Å². The molecule has 0 saturated carbocycles. The summed E-state index contributed by atoms with van der Waals surface area (Å²) < 4.78 is 52.0. The van der Waals surface area contributed by atoms with Crippen molar-refractivity contribution in [1.29, 1.82) is 0 Å². The van der Waals surface area contributed by atoms with Crippen LogP contribution in [0.4, 0.5) is 17.6 Å². The molecule has 2 aromatic rings. The van der Waals surface area contributed by atoms with E-state index in [1.807, 2.05) is 0 Å². The molecular formula is C13H6Cl2F4. The van der Waals surface area contributed by atoms with Crippen LogP contribution in [0.15, 0.2) is 30.3 Å². The molecule has 2 aromatic carbocycles. The van der Waals surface area contributed by atoms with E-state index in [-0.39, 0.29) is 16.1 Å². The fraction of sp³-hybridized carbons (Fsp3) is 0.0769. The Morgan fingerprint density at radius 3 is 2.00 bits per heavy atom. The van der Waals surface area contributed by atoms with Gasteiger partial charge in [-0.2, -0.15) is 0 Å². The number of rotatable bonds is 2. The van der Waals surface area contributed by atoms with Crippen LogP contribution in [-0.2, 0) is 0 Å². The number of benzene rings is 2. The van der Waals surface area contributed by atoms with Gasteiger partial charge in [0, 0.05) is 5.02 Å². The zero-order valence-electron chi connectivity index (χ0n) is 9.23. The van der Waals surface area contributed by atoms with Gasteiger partial charge in [-0.05, 0) is 35.4 Å². The largest absolute Gasteiger partial charge is 0.204 e. The van der Waals surface area contributed by atoms with Crippen molar-refractivity contribution in [2.24, 2.45) is 0 Å². The molecule has 0 fully saturated rings. The molecule has 0 heterocycles. The maximum Gasteiger partial charge on any atom is 0.160 e. The second kappa shape index (κ2) is 5.39. The van der Waals surface area contributed by atoms with E-state index in [4.69, 9.17) is 23.2 Å². The molecule has 6 heteroatoms. The SMILES string of the molecule is Fc1ccc(C(Cl)c2cc(F)c(F)cc2Cl)cc1F. The lowest BCUT2D eigenvalue weighted by atomic mass is 10.0. The molecule has 0 nitrogen and oxygen atoms in total. The fourth-order valence-electron chi connectivity index (χ4n) is 1.58. The van der Waals surface area contributed by atoms with Gasteiger partial charge in [-0.1, -0.05) is 17.7 Å². The standard InChI is InChI=1S/C13H6Cl2F4/c14-8-5-12(19)11(18)4-7(8)13(15)6-1-2-9(16)10(17)3-6/h1-5,13H. The highest BCUT2D eigenvalue weighted by Crippen LogP contribution is 2.35. The summed E-state index contributed by atoms with van der Waals surface area (Å²) in [4.78, 5) is 0. The topological polar surface area (TPSA) is 0 Å². The summed E-state index contributed by atoms with van der Waals surface area (Å²) in [7, 11) is 0. The van der Waals surface area contributed by atoms with Crippen molar-refractivity contribution >= 4 is 23.2 Å². The van der Waals surface area contributed by atoms with E-state index >= 15 is 0 Å². The molecule has 0 amide bonds. The summed E-state index contributed by atoms with van der Waals surface area (Å²) in [6.07, 6.45) is 0. The smallest absolute Gasteiger partial charge is 0.160 e. The molecule has 0 bridgehead atoms. The summed E-state index contributed by atoms with van der Waals surface area (Å²) in [5.74, 6) is -4.33. The van der Waals surface area contributed by atoms with Gasteiger partial charge < -0.3 is 0 Å². The quantitative estimate of drug-likeness (QED) is 0.405. The molecule has 0 radical (unpaired) electrons. The van der Waals surface area contributed by atoms with Crippen LogP contribution in [0.5, 0.6) is 0 Å². The van der Waals surface area contributed by atoms with E-state index in [0.717, 1.165) is 24.3 Å². The van der Waals surface area contributed by atoms with E-state index in [2.05, 4.69) is 0 Å². The molecule has 0 aliphatic carbocycles. The lowest BCUT2D eigenvalue weighted by molar-refractivity contribution is 0.505. The molecular weight excluding hydrogens is 303 g/mol. The van der Waals surface area contributed by atoms with E-state index in [0.29, 0.717) is 0 Å². The molecule has 1 unspecified atom stereocenters. The zero-order valence-corrected chi connectivity index (χ0v) is 10.7. The van der Waals surface area contributed by atoms with Crippen LogP contribution in [0.1, 0.15) is 16.5 Å². The normalized spacial score (nSPS) is 12.5. The van der Waals surface area contributed by atoms with Crippen molar-refractivity contribution in [1.82, 2.24) is 0 Å². The van der Waals surface area contributed by atoms with Gasteiger partial charge in [0.05, 0.1) is 5.38 Å². The van der Waals surface area contributed by atoms with Crippen LogP contribution in [0.3, 0.4) is 0 Å². The second-order valence-electron chi connectivity index (χ2n) is 3.82. The van der Waals surface area contributed by atoms with Gasteiger partial charge in [0.2, 0.25) is 0 Å². The second-order valence-corrected chi connectivity index (χ2v) is 4.67. The monoisotopic (exact) mass is 308 g/mol. The molecule has 0 aliphatic rings. The first-order valence-corrected chi connectivity index (χ1v) is 5.95. The Labute approximate surface area is 116 Å². The Kier molecular flexibility index (Phi) is 4.02. The summed E-state index contributed by atoms with van der Waals surface area (Å²) in [6, 6.07) is 4.63. The lowest BCUT2D eigenvalue weighted by Crippen LogP contribution is -1.99. The van der Waals surface area contributed by atoms with E-state index in [1.54, 1.807) is 0 Å². The third-order valence-electron chi connectivity index (χ3n) is 2.55. The fourth-order valence-corrected chi connectivity index (χ4v) is 2.21. The van der Waals surface area contributed by atoms with Gasteiger partial charge in [-0.25, -0.2) is 17.6 Å². The number of alkyl halides is 1. The first-order valence-electron chi connectivity index (χ1n) is 5.13. The Bertz CT molecular complexity index is 628. The highest BCUT2D eigenvalue weighted by atomic mass is 35.5. The Hall–Kier alpha value is -1.26. The molecule has 0 aromatic heterocycles. The van der Waals surface area contributed by atoms with Gasteiger partial charge in [-0.15, -0.1) is 11.6 Å². The minimum atomic E-state index is -1.12. The predicted molar refractivity (Wildman–Crippen MR) is 65.4 cm³/mol. The van der Waals surface area contributed by atoms with Gasteiger partial charge in [-0.3, -0.25) is 0 Å². The van der Waals surface area contributed by atoms with Gasteiger partial charge in [0.15, 0.2) is 23.3 Å². The molecule has 0 N–H and O–H groups in total. The third-order valence-corrected chi connectivity index (χ3v) is 3.36. The van der Waals surface area contributed by atoms with Crippen LogP contribution >= 0.6 is 23.2 Å².